The normalized spacial score (nSPS) is 13.1. The minimum atomic E-state index is -1.52. The Morgan fingerprint density at radius 2 is 1.58 bits per heavy atom. The molecule has 0 spiro atoms. The van der Waals surface area contributed by atoms with Crippen molar-refractivity contribution in [3.05, 3.63) is 35.1 Å². The first-order chi connectivity index (χ1) is 5.52. The zero-order valence-electron chi connectivity index (χ0n) is 6.27. The molecule has 4 heteroatoms. The van der Waals surface area contributed by atoms with Crippen LogP contribution in [0.5, 0.6) is 0 Å². The summed E-state index contributed by atoms with van der Waals surface area (Å²) in [4.78, 5) is 0. The van der Waals surface area contributed by atoms with Crippen molar-refractivity contribution in [1.82, 2.24) is 0 Å². The fraction of sp³-hybridized carbons (Fsp3) is 0.250. The molecule has 0 aliphatic heterocycles. The minimum Gasteiger partial charge on any atom is -0.228 e. The smallest absolute Gasteiger partial charge is 0.134 e. The van der Waals surface area contributed by atoms with E-state index in [1.807, 2.05) is 0 Å². The Morgan fingerprint density at radius 3 is 1.92 bits per heavy atom. The molecule has 1 rings (SSSR count). The van der Waals surface area contributed by atoms with Gasteiger partial charge in [-0.05, 0) is 6.92 Å². The number of benzene rings is 1. The van der Waals surface area contributed by atoms with Gasteiger partial charge in [-0.25, -0.2) is 18.3 Å². The summed E-state index contributed by atoms with van der Waals surface area (Å²) in [6, 6.07) is 0.986. The van der Waals surface area contributed by atoms with E-state index in [0.717, 1.165) is 6.92 Å². The van der Waals surface area contributed by atoms with E-state index in [1.54, 1.807) is 0 Å². The number of halogens is 3. The Bertz CT molecular complexity index is 273. The number of hydrogen-bond acceptors (Lipinski definition) is 0. The predicted octanol–water partition coefficient (Wildman–Crippen LogP) is 2.60. The van der Waals surface area contributed by atoms with E-state index in [-0.39, 0.29) is 0 Å². The van der Waals surface area contributed by atoms with Gasteiger partial charge in [-0.3, -0.25) is 0 Å². The van der Waals surface area contributed by atoms with Gasteiger partial charge >= 0.3 is 0 Å². The van der Waals surface area contributed by atoms with Crippen LogP contribution in [0.2, 0.25) is 0 Å². The van der Waals surface area contributed by atoms with Crippen molar-refractivity contribution in [1.29, 1.82) is 0 Å². The van der Waals surface area contributed by atoms with Crippen molar-refractivity contribution < 1.29 is 18.3 Å². The lowest BCUT2D eigenvalue weighted by molar-refractivity contribution is 0.0990. The van der Waals surface area contributed by atoms with E-state index in [9.17, 15) is 18.3 Å². The molecule has 0 heterocycles. The fourth-order valence-corrected chi connectivity index (χ4v) is 0.942. The first-order valence-electron chi connectivity index (χ1n) is 3.32. The zero-order chi connectivity index (χ0) is 9.30. The highest BCUT2D eigenvalue weighted by Crippen LogP contribution is 2.21. The van der Waals surface area contributed by atoms with Crippen LogP contribution in [0, 0.1) is 17.5 Å². The lowest BCUT2D eigenvalue weighted by atomic mass is 10.1. The van der Waals surface area contributed by atoms with Crippen molar-refractivity contribution in [2.45, 2.75) is 13.0 Å². The summed E-state index contributed by atoms with van der Waals surface area (Å²) in [7, 11) is 0. The second-order valence-corrected chi connectivity index (χ2v) is 2.43. The molecule has 1 unspecified atom stereocenters. The Balaban J connectivity index is 3.28. The lowest BCUT2D eigenvalue weighted by Gasteiger charge is -2.05. The molecule has 65 valence electrons. The summed E-state index contributed by atoms with van der Waals surface area (Å²) >= 11 is 0. The number of rotatable bonds is 1. The fourth-order valence-electron chi connectivity index (χ4n) is 0.942. The predicted molar refractivity (Wildman–Crippen MR) is 35.4 cm³/mol. The van der Waals surface area contributed by atoms with E-state index in [2.05, 4.69) is 0 Å². The molecule has 0 aromatic heterocycles. The van der Waals surface area contributed by atoms with Crippen molar-refractivity contribution >= 4 is 0 Å². The van der Waals surface area contributed by atoms with Crippen LogP contribution in [0.1, 0.15) is 18.6 Å². The molecule has 12 heavy (non-hydrogen) atoms. The standard InChI is InChI=1S/C8H6F3O/c1-4(12)8-6(10)2-5(9)3-7(8)11/h2-4H,1H3. The first-order valence-corrected chi connectivity index (χ1v) is 3.32. The highest BCUT2D eigenvalue weighted by molar-refractivity contribution is 5.22. The molecule has 0 fully saturated rings. The Hall–Kier alpha value is -1.03. The van der Waals surface area contributed by atoms with E-state index < -0.39 is 29.1 Å². The largest absolute Gasteiger partial charge is 0.228 e. The zero-order valence-corrected chi connectivity index (χ0v) is 6.27. The van der Waals surface area contributed by atoms with Gasteiger partial charge < -0.3 is 0 Å². The van der Waals surface area contributed by atoms with Crippen molar-refractivity contribution in [2.24, 2.45) is 0 Å². The van der Waals surface area contributed by atoms with E-state index in [4.69, 9.17) is 0 Å². The van der Waals surface area contributed by atoms with Crippen LogP contribution in [0.3, 0.4) is 0 Å². The van der Waals surface area contributed by atoms with Crippen molar-refractivity contribution in [2.75, 3.05) is 0 Å². The molecule has 0 N–H and O–H groups in total. The third-order valence-corrected chi connectivity index (χ3v) is 1.45. The minimum absolute atomic E-state index is 0.493. The summed E-state index contributed by atoms with van der Waals surface area (Å²) in [6.45, 7) is 1.10. The first kappa shape index (κ1) is 9.06. The van der Waals surface area contributed by atoms with Gasteiger partial charge in [0.1, 0.15) is 23.6 Å². The Kier molecular flexibility index (Phi) is 2.38. The molecule has 1 aromatic rings. The Morgan fingerprint density at radius 1 is 1.17 bits per heavy atom. The second kappa shape index (κ2) is 3.15. The second-order valence-electron chi connectivity index (χ2n) is 2.43. The quantitative estimate of drug-likeness (QED) is 0.625. The van der Waals surface area contributed by atoms with Gasteiger partial charge in [-0.1, -0.05) is 0 Å². The highest BCUT2D eigenvalue weighted by Gasteiger charge is 2.16. The topological polar surface area (TPSA) is 19.9 Å². The van der Waals surface area contributed by atoms with Crippen molar-refractivity contribution in [3.63, 3.8) is 0 Å². The van der Waals surface area contributed by atoms with Gasteiger partial charge in [0.05, 0.1) is 5.56 Å². The van der Waals surface area contributed by atoms with E-state index >= 15 is 0 Å². The van der Waals surface area contributed by atoms with Crippen LogP contribution < -0.4 is 0 Å². The molecular formula is C8H6F3O. The summed E-state index contributed by atoms with van der Waals surface area (Å²) in [5.74, 6) is -3.28. The van der Waals surface area contributed by atoms with Crippen LogP contribution in [0.15, 0.2) is 12.1 Å². The molecule has 0 bridgehead atoms. The lowest BCUT2D eigenvalue weighted by Crippen LogP contribution is -2.00. The summed E-state index contributed by atoms with van der Waals surface area (Å²) in [5, 5.41) is 10.7. The van der Waals surface area contributed by atoms with Gasteiger partial charge in [-0.15, -0.1) is 0 Å². The van der Waals surface area contributed by atoms with Gasteiger partial charge in [0.15, 0.2) is 0 Å². The monoisotopic (exact) mass is 175 g/mol. The molecule has 1 nitrogen and oxygen atoms in total. The molecule has 0 saturated carbocycles. The van der Waals surface area contributed by atoms with E-state index in [0.29, 0.717) is 12.1 Å². The summed E-state index contributed by atoms with van der Waals surface area (Å²) in [6.07, 6.45) is -1.52. The Labute approximate surface area is 67.5 Å². The maximum absolute atomic E-state index is 12.7. The highest BCUT2D eigenvalue weighted by atomic mass is 19.1. The maximum atomic E-state index is 12.7. The summed E-state index contributed by atoms with van der Waals surface area (Å²) < 4.78 is 37.7. The molecule has 1 atom stereocenters. The van der Waals surface area contributed by atoms with Crippen LogP contribution in [-0.4, -0.2) is 0 Å². The van der Waals surface area contributed by atoms with Gasteiger partial charge in [-0.2, -0.15) is 0 Å². The van der Waals surface area contributed by atoms with Crippen LogP contribution in [0.25, 0.3) is 0 Å². The third-order valence-electron chi connectivity index (χ3n) is 1.45. The summed E-state index contributed by atoms with van der Waals surface area (Å²) in [5.41, 5.74) is -0.614. The van der Waals surface area contributed by atoms with Crippen LogP contribution in [-0.2, 0) is 5.11 Å². The molecular weight excluding hydrogens is 169 g/mol. The van der Waals surface area contributed by atoms with Crippen molar-refractivity contribution in [3.8, 4) is 0 Å². The number of hydrogen-bond donors (Lipinski definition) is 0. The third kappa shape index (κ3) is 1.58. The van der Waals surface area contributed by atoms with Crippen LogP contribution >= 0.6 is 0 Å². The molecule has 1 aromatic carbocycles. The van der Waals surface area contributed by atoms with Gasteiger partial charge in [0.25, 0.3) is 0 Å². The van der Waals surface area contributed by atoms with E-state index in [1.165, 1.54) is 0 Å². The SMILES string of the molecule is CC([O])c1c(F)cc(F)cc1F. The molecule has 0 aliphatic rings. The molecule has 1 radical (unpaired) electrons. The average Bonchev–Trinajstić information content (AvgIpc) is 1.82. The molecule has 0 saturated heterocycles. The van der Waals surface area contributed by atoms with Crippen LogP contribution in [0.4, 0.5) is 13.2 Å². The van der Waals surface area contributed by atoms with Gasteiger partial charge in [0.2, 0.25) is 0 Å². The van der Waals surface area contributed by atoms with Gasteiger partial charge in [0, 0.05) is 12.1 Å². The maximum Gasteiger partial charge on any atom is 0.134 e. The average molecular weight is 175 g/mol. The molecule has 0 amide bonds. The molecule has 0 aliphatic carbocycles.